The number of rotatable bonds is 5. The van der Waals surface area contributed by atoms with Crippen LogP contribution in [0.5, 0.6) is 11.5 Å². The van der Waals surface area contributed by atoms with E-state index in [0.29, 0.717) is 17.2 Å². The second kappa shape index (κ2) is 6.19. The summed E-state index contributed by atoms with van der Waals surface area (Å²) in [5.74, 6) is 1.28. The standard InChI is InChI=1S/C14H22N2O4/c1-17-11-5-9(15)10(6-12(11)18-2)16-7-13(19-3)14(8-16)20-4/h5-6,13-14H,7-8,15H2,1-4H3. The van der Waals surface area contributed by atoms with Crippen LogP contribution in [-0.2, 0) is 9.47 Å². The first-order valence-corrected chi connectivity index (χ1v) is 6.46. The van der Waals surface area contributed by atoms with Crippen molar-refractivity contribution in [2.75, 3.05) is 52.2 Å². The Labute approximate surface area is 119 Å². The SMILES string of the molecule is COc1cc(N)c(N2CC(OC)C(OC)C2)cc1OC. The minimum atomic E-state index is 0.0347. The number of nitrogen functional groups attached to an aromatic ring is 1. The third-order valence-corrected chi connectivity index (χ3v) is 3.69. The molecule has 2 atom stereocenters. The van der Waals surface area contributed by atoms with Crippen molar-refractivity contribution in [3.8, 4) is 11.5 Å². The molecular weight excluding hydrogens is 260 g/mol. The minimum absolute atomic E-state index is 0.0347. The molecule has 1 heterocycles. The van der Waals surface area contributed by atoms with Gasteiger partial charge in [-0.3, -0.25) is 0 Å². The van der Waals surface area contributed by atoms with Crippen LogP contribution in [0, 0.1) is 0 Å². The lowest BCUT2D eigenvalue weighted by Crippen LogP contribution is -2.27. The lowest BCUT2D eigenvalue weighted by molar-refractivity contribution is -0.00461. The summed E-state index contributed by atoms with van der Waals surface area (Å²) in [6, 6.07) is 3.66. The van der Waals surface area contributed by atoms with Gasteiger partial charge in [0.2, 0.25) is 0 Å². The molecule has 2 unspecified atom stereocenters. The molecular formula is C14H22N2O4. The van der Waals surface area contributed by atoms with Crippen LogP contribution in [-0.4, -0.2) is 53.7 Å². The van der Waals surface area contributed by atoms with Gasteiger partial charge < -0.3 is 29.6 Å². The first-order valence-electron chi connectivity index (χ1n) is 6.46. The molecule has 0 saturated carbocycles. The summed E-state index contributed by atoms with van der Waals surface area (Å²) in [6.07, 6.45) is 0.0694. The molecule has 1 aromatic rings. The molecule has 1 fully saturated rings. The summed E-state index contributed by atoms with van der Waals surface area (Å²) in [4.78, 5) is 2.14. The summed E-state index contributed by atoms with van der Waals surface area (Å²) < 4.78 is 21.5. The number of hydrogen-bond donors (Lipinski definition) is 1. The number of anilines is 2. The maximum atomic E-state index is 6.12. The molecule has 1 aliphatic rings. The van der Waals surface area contributed by atoms with Gasteiger partial charge in [0.1, 0.15) is 12.2 Å². The minimum Gasteiger partial charge on any atom is -0.493 e. The van der Waals surface area contributed by atoms with Gasteiger partial charge in [0.25, 0.3) is 0 Å². The Morgan fingerprint density at radius 2 is 1.45 bits per heavy atom. The summed E-state index contributed by atoms with van der Waals surface area (Å²) in [6.45, 7) is 1.46. The second-order valence-corrected chi connectivity index (χ2v) is 4.72. The van der Waals surface area contributed by atoms with E-state index >= 15 is 0 Å². The Bertz CT molecular complexity index is 455. The van der Waals surface area contributed by atoms with Gasteiger partial charge in [0.05, 0.1) is 25.6 Å². The van der Waals surface area contributed by atoms with Crippen molar-refractivity contribution in [3.63, 3.8) is 0 Å². The Balaban J connectivity index is 2.29. The van der Waals surface area contributed by atoms with Crippen LogP contribution in [0.3, 0.4) is 0 Å². The lowest BCUT2D eigenvalue weighted by atomic mass is 10.2. The Morgan fingerprint density at radius 1 is 0.950 bits per heavy atom. The predicted octanol–water partition coefficient (Wildman–Crippen LogP) is 1.14. The van der Waals surface area contributed by atoms with Crippen LogP contribution in [0.1, 0.15) is 0 Å². The molecule has 0 bridgehead atoms. The summed E-state index contributed by atoms with van der Waals surface area (Å²) in [7, 11) is 6.59. The molecule has 2 rings (SSSR count). The molecule has 20 heavy (non-hydrogen) atoms. The zero-order chi connectivity index (χ0) is 14.7. The van der Waals surface area contributed by atoms with Crippen molar-refractivity contribution >= 4 is 11.4 Å². The highest BCUT2D eigenvalue weighted by molar-refractivity contribution is 5.73. The highest BCUT2D eigenvalue weighted by atomic mass is 16.5. The van der Waals surface area contributed by atoms with Gasteiger partial charge >= 0.3 is 0 Å². The largest absolute Gasteiger partial charge is 0.493 e. The summed E-state index contributed by atoms with van der Waals surface area (Å²) >= 11 is 0. The summed E-state index contributed by atoms with van der Waals surface area (Å²) in [5.41, 5.74) is 7.67. The molecule has 0 amide bonds. The number of hydrogen-bond acceptors (Lipinski definition) is 6. The Hall–Kier alpha value is -1.66. The highest BCUT2D eigenvalue weighted by Crippen LogP contribution is 2.38. The van der Waals surface area contributed by atoms with Crippen molar-refractivity contribution in [1.29, 1.82) is 0 Å². The quantitative estimate of drug-likeness (QED) is 0.817. The molecule has 6 nitrogen and oxygen atoms in total. The number of nitrogens with two attached hydrogens (primary N) is 1. The topological polar surface area (TPSA) is 66.2 Å². The van der Waals surface area contributed by atoms with E-state index in [2.05, 4.69) is 4.90 Å². The monoisotopic (exact) mass is 282 g/mol. The van der Waals surface area contributed by atoms with E-state index in [1.54, 1.807) is 34.5 Å². The van der Waals surface area contributed by atoms with Crippen LogP contribution in [0.15, 0.2) is 12.1 Å². The van der Waals surface area contributed by atoms with E-state index in [9.17, 15) is 0 Å². The van der Waals surface area contributed by atoms with Gasteiger partial charge in [-0.05, 0) is 0 Å². The van der Waals surface area contributed by atoms with Crippen LogP contribution < -0.4 is 20.1 Å². The zero-order valence-electron chi connectivity index (χ0n) is 12.4. The maximum absolute atomic E-state index is 6.12. The van der Waals surface area contributed by atoms with Gasteiger partial charge in [-0.1, -0.05) is 0 Å². The molecule has 112 valence electrons. The molecule has 0 radical (unpaired) electrons. The van der Waals surface area contributed by atoms with Gasteiger partial charge in [-0.15, -0.1) is 0 Å². The van der Waals surface area contributed by atoms with Crippen LogP contribution in [0.4, 0.5) is 11.4 Å². The predicted molar refractivity (Wildman–Crippen MR) is 77.8 cm³/mol. The third-order valence-electron chi connectivity index (χ3n) is 3.69. The van der Waals surface area contributed by atoms with Crippen molar-refractivity contribution in [1.82, 2.24) is 0 Å². The van der Waals surface area contributed by atoms with E-state index in [0.717, 1.165) is 18.8 Å². The Kier molecular flexibility index (Phi) is 4.57. The summed E-state index contributed by atoms with van der Waals surface area (Å²) in [5, 5.41) is 0. The molecule has 2 N–H and O–H groups in total. The zero-order valence-corrected chi connectivity index (χ0v) is 12.4. The van der Waals surface area contributed by atoms with E-state index in [4.69, 9.17) is 24.7 Å². The normalized spacial score (nSPS) is 22.1. The van der Waals surface area contributed by atoms with E-state index in [1.807, 2.05) is 6.07 Å². The molecule has 6 heteroatoms. The average Bonchev–Trinajstić information content (AvgIpc) is 2.89. The fourth-order valence-electron chi connectivity index (χ4n) is 2.55. The van der Waals surface area contributed by atoms with E-state index in [1.165, 1.54) is 0 Å². The smallest absolute Gasteiger partial charge is 0.162 e. The molecule has 0 aliphatic carbocycles. The fraction of sp³-hybridized carbons (Fsp3) is 0.571. The van der Waals surface area contributed by atoms with E-state index < -0.39 is 0 Å². The molecule has 1 aromatic carbocycles. The van der Waals surface area contributed by atoms with Gasteiger partial charge in [-0.2, -0.15) is 0 Å². The number of ether oxygens (including phenoxy) is 4. The van der Waals surface area contributed by atoms with Crippen molar-refractivity contribution in [2.45, 2.75) is 12.2 Å². The van der Waals surface area contributed by atoms with Crippen molar-refractivity contribution in [3.05, 3.63) is 12.1 Å². The lowest BCUT2D eigenvalue weighted by Gasteiger charge is -2.22. The number of nitrogens with zero attached hydrogens (tertiary/aromatic N) is 1. The first-order chi connectivity index (χ1) is 9.64. The number of benzene rings is 1. The second-order valence-electron chi connectivity index (χ2n) is 4.72. The van der Waals surface area contributed by atoms with Crippen LogP contribution in [0.25, 0.3) is 0 Å². The van der Waals surface area contributed by atoms with Gasteiger partial charge in [0, 0.05) is 39.4 Å². The average molecular weight is 282 g/mol. The van der Waals surface area contributed by atoms with Crippen LogP contribution in [0.2, 0.25) is 0 Å². The molecule has 1 saturated heterocycles. The third kappa shape index (κ3) is 2.62. The maximum Gasteiger partial charge on any atom is 0.162 e. The molecule has 1 aliphatic heterocycles. The van der Waals surface area contributed by atoms with Crippen LogP contribution >= 0.6 is 0 Å². The van der Waals surface area contributed by atoms with Gasteiger partial charge in [0.15, 0.2) is 11.5 Å². The van der Waals surface area contributed by atoms with Gasteiger partial charge in [-0.25, -0.2) is 0 Å². The molecule has 0 spiro atoms. The fourth-order valence-corrected chi connectivity index (χ4v) is 2.55. The molecule has 0 aromatic heterocycles. The van der Waals surface area contributed by atoms with Crippen molar-refractivity contribution in [2.24, 2.45) is 0 Å². The Morgan fingerprint density at radius 3 is 1.90 bits per heavy atom. The highest BCUT2D eigenvalue weighted by Gasteiger charge is 2.34. The van der Waals surface area contributed by atoms with Crippen molar-refractivity contribution < 1.29 is 18.9 Å². The van der Waals surface area contributed by atoms with E-state index in [-0.39, 0.29) is 12.2 Å². The number of methoxy groups -OCH3 is 4. The first kappa shape index (κ1) is 14.7.